The third-order valence-corrected chi connectivity index (χ3v) is 5.71. The fraction of sp³-hybridized carbons (Fsp3) is 0.222. The average Bonchev–Trinajstić information content (AvgIpc) is 2.97. The highest BCUT2D eigenvalue weighted by atomic mass is 16.7. The van der Waals surface area contributed by atoms with Crippen LogP contribution in [0.3, 0.4) is 0 Å². The van der Waals surface area contributed by atoms with E-state index in [2.05, 4.69) is 10.0 Å². The number of aliphatic hydroxyl groups is 1. The zero-order valence-electron chi connectivity index (χ0n) is 19.9. The smallest absolute Gasteiger partial charge is 0.338 e. The van der Waals surface area contributed by atoms with Crippen LogP contribution in [0.25, 0.3) is 10.4 Å². The number of hydrogen-bond donors (Lipinski definition) is 1. The Morgan fingerprint density at radius 3 is 1.50 bits per heavy atom. The van der Waals surface area contributed by atoms with Gasteiger partial charge in [-0.25, -0.2) is 14.4 Å². The Kier molecular flexibility index (Phi) is 8.68. The van der Waals surface area contributed by atoms with Crippen molar-refractivity contribution in [2.45, 2.75) is 30.6 Å². The molecule has 0 bridgehead atoms. The fourth-order valence-electron chi connectivity index (χ4n) is 3.89. The Morgan fingerprint density at radius 2 is 1.11 bits per heavy atom. The lowest BCUT2D eigenvalue weighted by Gasteiger charge is -2.43. The van der Waals surface area contributed by atoms with E-state index in [1.165, 1.54) is 36.4 Å². The maximum Gasteiger partial charge on any atom is 0.338 e. The molecule has 5 atom stereocenters. The van der Waals surface area contributed by atoms with Crippen LogP contribution in [0.4, 0.5) is 0 Å². The summed E-state index contributed by atoms with van der Waals surface area (Å²) in [5, 5.41) is 13.6. The van der Waals surface area contributed by atoms with Crippen molar-refractivity contribution in [3.63, 3.8) is 0 Å². The van der Waals surface area contributed by atoms with Crippen molar-refractivity contribution in [3.05, 3.63) is 118 Å². The third-order valence-electron chi connectivity index (χ3n) is 5.71. The Balaban J connectivity index is 1.72. The topological polar surface area (TPSA) is 157 Å². The predicted octanol–water partition coefficient (Wildman–Crippen LogP) is 3.69. The van der Waals surface area contributed by atoms with Crippen LogP contribution in [0.15, 0.2) is 96.1 Å². The lowest BCUT2D eigenvalue weighted by atomic mass is 9.97. The first-order valence-electron chi connectivity index (χ1n) is 11.6. The summed E-state index contributed by atoms with van der Waals surface area (Å²) in [6.45, 7) is -0.692. The second kappa shape index (κ2) is 12.5. The van der Waals surface area contributed by atoms with E-state index in [9.17, 15) is 19.5 Å². The molecule has 0 spiro atoms. The van der Waals surface area contributed by atoms with Gasteiger partial charge < -0.3 is 24.1 Å². The first kappa shape index (κ1) is 26.4. The second-order valence-electron chi connectivity index (χ2n) is 8.16. The Morgan fingerprint density at radius 1 is 0.711 bits per heavy atom. The monoisotopic (exact) mass is 517 g/mol. The molecule has 38 heavy (non-hydrogen) atoms. The van der Waals surface area contributed by atoms with Gasteiger partial charge in [0.25, 0.3) is 0 Å². The van der Waals surface area contributed by atoms with Crippen LogP contribution in [0.1, 0.15) is 31.1 Å². The molecule has 3 aromatic rings. The fourth-order valence-corrected chi connectivity index (χ4v) is 3.89. The molecule has 1 fully saturated rings. The van der Waals surface area contributed by atoms with E-state index < -0.39 is 55.2 Å². The maximum atomic E-state index is 13.1. The molecule has 1 aliphatic rings. The van der Waals surface area contributed by atoms with Gasteiger partial charge in [-0.3, -0.25) is 0 Å². The van der Waals surface area contributed by atoms with Crippen molar-refractivity contribution in [3.8, 4) is 0 Å². The standard InChI is InChI=1S/C27H23N3O8/c28-30-29-24-23(38-27(34)19-14-8-3-9-15-19)22(37-26(33)18-12-6-2-7-13-18)21(20(16-31)35-24)36-25(32)17-10-4-1-5-11-17/h1-15,20-24,31H,16H2/t20-,21-,22+,23-,24-/m1/s1. The summed E-state index contributed by atoms with van der Waals surface area (Å²) in [5.74, 6) is -2.45. The summed E-state index contributed by atoms with van der Waals surface area (Å²) in [4.78, 5) is 41.7. The van der Waals surface area contributed by atoms with E-state index >= 15 is 0 Å². The number of azide groups is 1. The van der Waals surface area contributed by atoms with E-state index in [1.807, 2.05) is 0 Å². The van der Waals surface area contributed by atoms with Crippen molar-refractivity contribution in [2.24, 2.45) is 5.11 Å². The van der Waals surface area contributed by atoms with Gasteiger partial charge in [-0.05, 0) is 41.9 Å². The van der Waals surface area contributed by atoms with Gasteiger partial charge in [0.2, 0.25) is 0 Å². The normalized spacial score (nSPS) is 22.4. The molecular weight excluding hydrogens is 494 g/mol. The minimum Gasteiger partial charge on any atom is -0.452 e. The number of benzene rings is 3. The zero-order valence-corrected chi connectivity index (χ0v) is 19.9. The number of carbonyl (C=O) groups is 3. The molecule has 0 saturated carbocycles. The molecule has 1 N–H and O–H groups in total. The van der Waals surface area contributed by atoms with Gasteiger partial charge in [0.1, 0.15) is 6.10 Å². The molecular formula is C27H23N3O8. The molecule has 1 saturated heterocycles. The number of nitrogens with zero attached hydrogens (tertiary/aromatic N) is 3. The van der Waals surface area contributed by atoms with E-state index in [1.54, 1.807) is 54.6 Å². The molecule has 3 aromatic carbocycles. The molecule has 0 aromatic heterocycles. The van der Waals surface area contributed by atoms with E-state index in [0.29, 0.717) is 0 Å². The molecule has 0 unspecified atom stereocenters. The van der Waals surface area contributed by atoms with Crippen molar-refractivity contribution < 1.29 is 38.4 Å². The van der Waals surface area contributed by atoms with Crippen LogP contribution < -0.4 is 0 Å². The van der Waals surface area contributed by atoms with Gasteiger partial charge in [-0.2, -0.15) is 0 Å². The number of esters is 3. The third kappa shape index (κ3) is 6.16. The average molecular weight is 517 g/mol. The minimum atomic E-state index is -1.53. The number of rotatable bonds is 8. The van der Waals surface area contributed by atoms with Gasteiger partial charge in [0.15, 0.2) is 24.5 Å². The van der Waals surface area contributed by atoms with Crippen molar-refractivity contribution >= 4 is 17.9 Å². The zero-order chi connectivity index (χ0) is 26.9. The number of hydrogen-bond acceptors (Lipinski definition) is 9. The first-order chi connectivity index (χ1) is 18.5. The SMILES string of the molecule is [N-]=[N+]=N[C@@H]1O[C@H](CO)[C@@H](OC(=O)c2ccccc2)[C@H](OC(=O)c2ccccc2)[C@H]1OC(=O)c1ccccc1. The highest BCUT2D eigenvalue weighted by Crippen LogP contribution is 2.31. The van der Waals surface area contributed by atoms with Gasteiger partial charge in [-0.15, -0.1) is 0 Å². The molecule has 1 aliphatic heterocycles. The lowest BCUT2D eigenvalue weighted by molar-refractivity contribution is -0.227. The second-order valence-corrected chi connectivity index (χ2v) is 8.16. The summed E-state index contributed by atoms with van der Waals surface area (Å²) >= 11 is 0. The van der Waals surface area contributed by atoms with Crippen LogP contribution in [0, 0.1) is 0 Å². The largest absolute Gasteiger partial charge is 0.452 e. The molecule has 1 heterocycles. The molecule has 0 radical (unpaired) electrons. The number of ether oxygens (including phenoxy) is 4. The number of aliphatic hydroxyl groups excluding tert-OH is 1. The van der Waals surface area contributed by atoms with Crippen LogP contribution in [-0.4, -0.2) is 60.3 Å². The summed E-state index contributed by atoms with van der Waals surface area (Å²) < 4.78 is 22.7. The highest BCUT2D eigenvalue weighted by molar-refractivity contribution is 5.91. The quantitative estimate of drug-likeness (QED) is 0.156. The van der Waals surface area contributed by atoms with Gasteiger partial charge in [-0.1, -0.05) is 59.7 Å². The van der Waals surface area contributed by atoms with Crippen molar-refractivity contribution in [1.29, 1.82) is 0 Å². The van der Waals surface area contributed by atoms with Crippen molar-refractivity contribution in [1.82, 2.24) is 0 Å². The number of carbonyl (C=O) groups excluding carboxylic acids is 3. The Bertz CT molecular complexity index is 1300. The van der Waals surface area contributed by atoms with Crippen LogP contribution in [0.5, 0.6) is 0 Å². The predicted molar refractivity (Wildman–Crippen MR) is 132 cm³/mol. The molecule has 11 heteroatoms. The Labute approximate surface area is 217 Å². The molecule has 0 aliphatic carbocycles. The minimum absolute atomic E-state index is 0.168. The van der Waals surface area contributed by atoms with Crippen molar-refractivity contribution in [2.75, 3.05) is 6.61 Å². The van der Waals surface area contributed by atoms with Crippen LogP contribution in [-0.2, 0) is 18.9 Å². The molecule has 0 amide bonds. The first-order valence-corrected chi connectivity index (χ1v) is 11.6. The lowest BCUT2D eigenvalue weighted by Crippen LogP contribution is -2.61. The van der Waals surface area contributed by atoms with Gasteiger partial charge >= 0.3 is 17.9 Å². The van der Waals surface area contributed by atoms with E-state index in [-0.39, 0.29) is 16.7 Å². The highest BCUT2D eigenvalue weighted by Gasteiger charge is 2.52. The molecule has 194 valence electrons. The van der Waals surface area contributed by atoms with E-state index in [4.69, 9.17) is 24.5 Å². The molecule has 11 nitrogen and oxygen atoms in total. The van der Waals surface area contributed by atoms with Crippen LogP contribution in [0.2, 0.25) is 0 Å². The summed E-state index contributed by atoms with van der Waals surface area (Å²) in [6.07, 6.45) is -7.25. The maximum absolute atomic E-state index is 13.1. The van der Waals surface area contributed by atoms with Crippen LogP contribution >= 0.6 is 0 Å². The summed E-state index contributed by atoms with van der Waals surface area (Å²) in [6, 6.07) is 23.9. The molecule has 4 rings (SSSR count). The Hall–Kier alpha value is -4.70. The summed E-state index contributed by atoms with van der Waals surface area (Å²) in [7, 11) is 0. The summed E-state index contributed by atoms with van der Waals surface area (Å²) in [5.41, 5.74) is 9.66. The van der Waals surface area contributed by atoms with Gasteiger partial charge in [0, 0.05) is 4.91 Å². The van der Waals surface area contributed by atoms with Gasteiger partial charge in [0.05, 0.1) is 23.3 Å². The van der Waals surface area contributed by atoms with E-state index in [0.717, 1.165) is 0 Å².